The molecule has 0 bridgehead atoms. The van der Waals surface area contributed by atoms with E-state index in [9.17, 15) is 39.6 Å². The summed E-state index contributed by atoms with van der Waals surface area (Å²) in [5.74, 6) is 0.273. The number of carbonyl (C=O) groups excluding carboxylic acids is 1. The quantitative estimate of drug-likeness (QED) is 0.384. The van der Waals surface area contributed by atoms with Crippen molar-refractivity contribution in [3.63, 3.8) is 0 Å². The van der Waals surface area contributed by atoms with Crippen LogP contribution in [0.5, 0.6) is 0 Å². The van der Waals surface area contributed by atoms with Crippen molar-refractivity contribution < 1.29 is 39.6 Å². The number of fused-ring (bicyclic) bond motifs is 1. The van der Waals surface area contributed by atoms with Crippen LogP contribution in [0.3, 0.4) is 0 Å². The second-order valence-corrected chi connectivity index (χ2v) is 12.0. The molecule has 1 amide bonds. The molecule has 1 saturated heterocycles. The normalized spacial score (nSPS) is 15.2. The van der Waals surface area contributed by atoms with Crippen LogP contribution in [0.15, 0.2) is 36.7 Å². The van der Waals surface area contributed by atoms with E-state index >= 15 is 0 Å². The predicted molar refractivity (Wildman–Crippen MR) is 134 cm³/mol. The zero-order chi connectivity index (χ0) is 28.6. The summed E-state index contributed by atoms with van der Waals surface area (Å²) in [6, 6.07) is 6.71. The Morgan fingerprint density at radius 2 is 1.64 bits per heavy atom. The molecule has 3 aromatic rings. The maximum Gasteiger partial charge on any atom is 0.407 e. The minimum atomic E-state index is -4.73. The lowest BCUT2D eigenvalue weighted by atomic mass is 10.1. The van der Waals surface area contributed by atoms with Crippen molar-refractivity contribution in [1.82, 2.24) is 14.9 Å². The average molecular weight is 596 g/mol. The summed E-state index contributed by atoms with van der Waals surface area (Å²) in [5, 5.41) is 0.523. The highest BCUT2D eigenvalue weighted by molar-refractivity contribution is 7.92. The van der Waals surface area contributed by atoms with Gasteiger partial charge in [-0.1, -0.05) is 12.1 Å². The molecule has 16 heteroatoms. The molecule has 1 aromatic carbocycles. The fraction of sp³-hybridized carbons (Fsp3) is 0.435. The van der Waals surface area contributed by atoms with Gasteiger partial charge in [-0.3, -0.25) is 9.10 Å². The van der Waals surface area contributed by atoms with Gasteiger partial charge in [-0.15, -0.1) is 11.3 Å². The van der Waals surface area contributed by atoms with Gasteiger partial charge in [-0.2, -0.15) is 26.3 Å². The van der Waals surface area contributed by atoms with Gasteiger partial charge in [0.1, 0.15) is 23.5 Å². The number of amides is 1. The number of rotatable bonds is 7. The predicted octanol–water partition coefficient (Wildman–Crippen LogP) is 4.02. The molecule has 3 heterocycles. The van der Waals surface area contributed by atoms with Crippen LogP contribution in [0.4, 0.5) is 37.8 Å². The van der Waals surface area contributed by atoms with Crippen molar-refractivity contribution in [2.75, 3.05) is 48.2 Å². The number of thiophene rings is 1. The first-order valence-electron chi connectivity index (χ1n) is 11.6. The molecule has 1 aliphatic rings. The number of piperazine rings is 1. The van der Waals surface area contributed by atoms with E-state index in [1.165, 1.54) is 36.7 Å². The van der Waals surface area contributed by atoms with Crippen LogP contribution < -0.4 is 9.21 Å². The molecule has 0 unspecified atom stereocenters. The standard InChI is InChI=1S/C23H23F6N5O3S2/c1-39(36,37)34(13-23(27,28)29)16-4-2-15(3-5-16)10-19(35)32-6-8-33(9-7-32)20-18-11-17(12-22(24,25)26)38-21(18)31-14-30-20/h2-5,11,14H,6-10,12-13H2,1H3. The molecule has 0 spiro atoms. The molecule has 0 aliphatic carbocycles. The molecule has 1 aliphatic heterocycles. The van der Waals surface area contributed by atoms with E-state index in [0.29, 0.717) is 54.0 Å². The molecular weight excluding hydrogens is 572 g/mol. The van der Waals surface area contributed by atoms with Crippen molar-refractivity contribution in [2.24, 2.45) is 0 Å². The minimum absolute atomic E-state index is 0.0402. The van der Waals surface area contributed by atoms with Crippen molar-refractivity contribution in [2.45, 2.75) is 25.2 Å². The summed E-state index contributed by atoms with van der Waals surface area (Å²) >= 11 is 0.961. The second-order valence-electron chi connectivity index (χ2n) is 9.02. The molecule has 0 radical (unpaired) electrons. The first-order valence-corrected chi connectivity index (χ1v) is 14.2. The van der Waals surface area contributed by atoms with Crippen LogP contribution in [-0.2, 0) is 27.7 Å². The number of sulfonamides is 1. The van der Waals surface area contributed by atoms with Gasteiger partial charge in [-0.05, 0) is 23.8 Å². The molecule has 39 heavy (non-hydrogen) atoms. The Morgan fingerprint density at radius 1 is 1.00 bits per heavy atom. The monoisotopic (exact) mass is 595 g/mol. The SMILES string of the molecule is CS(=O)(=O)N(CC(F)(F)F)c1ccc(CC(=O)N2CCN(c3ncnc4sc(CC(F)(F)F)cc34)CC2)cc1. The van der Waals surface area contributed by atoms with Gasteiger partial charge in [0.05, 0.1) is 30.2 Å². The van der Waals surface area contributed by atoms with Crippen LogP contribution >= 0.6 is 11.3 Å². The van der Waals surface area contributed by atoms with Gasteiger partial charge in [0.2, 0.25) is 15.9 Å². The molecule has 0 N–H and O–H groups in total. The number of carbonyl (C=O) groups is 1. The third-order valence-corrected chi connectivity index (χ3v) is 8.15. The number of hydrogen-bond donors (Lipinski definition) is 0. The summed E-state index contributed by atoms with van der Waals surface area (Å²) in [5.41, 5.74) is 0.335. The lowest BCUT2D eigenvalue weighted by Gasteiger charge is -2.35. The zero-order valence-corrected chi connectivity index (χ0v) is 22.1. The summed E-state index contributed by atoms with van der Waals surface area (Å²) < 4.78 is 101. The molecule has 2 aromatic heterocycles. The second kappa shape index (κ2) is 10.8. The van der Waals surface area contributed by atoms with Gasteiger partial charge in [0.15, 0.2) is 0 Å². The molecule has 4 rings (SSSR count). The Hall–Kier alpha value is -3.14. The van der Waals surface area contributed by atoms with E-state index < -0.39 is 35.3 Å². The summed E-state index contributed by atoms with van der Waals surface area (Å²) in [7, 11) is -4.18. The number of benzene rings is 1. The lowest BCUT2D eigenvalue weighted by molar-refractivity contribution is -0.130. The highest BCUT2D eigenvalue weighted by atomic mass is 32.2. The first kappa shape index (κ1) is 28.9. The topological polar surface area (TPSA) is 86.7 Å². The van der Waals surface area contributed by atoms with E-state index in [4.69, 9.17) is 0 Å². The Morgan fingerprint density at radius 3 is 2.21 bits per heavy atom. The Balaban J connectivity index is 1.38. The maximum absolute atomic E-state index is 12.8. The van der Waals surface area contributed by atoms with Gasteiger partial charge >= 0.3 is 12.4 Å². The van der Waals surface area contributed by atoms with Crippen molar-refractivity contribution in [1.29, 1.82) is 0 Å². The highest BCUT2D eigenvalue weighted by Crippen LogP contribution is 2.34. The number of anilines is 2. The van der Waals surface area contributed by atoms with E-state index in [2.05, 4.69) is 9.97 Å². The van der Waals surface area contributed by atoms with Gasteiger partial charge in [-0.25, -0.2) is 18.4 Å². The van der Waals surface area contributed by atoms with E-state index in [1.807, 2.05) is 4.90 Å². The molecule has 0 saturated carbocycles. The van der Waals surface area contributed by atoms with Crippen molar-refractivity contribution in [3.8, 4) is 0 Å². The number of hydrogen-bond acceptors (Lipinski definition) is 7. The van der Waals surface area contributed by atoms with Crippen LogP contribution in [-0.4, -0.2) is 80.5 Å². The minimum Gasteiger partial charge on any atom is -0.352 e. The Kier molecular flexibility index (Phi) is 7.98. The van der Waals surface area contributed by atoms with E-state index in [0.717, 1.165) is 11.3 Å². The maximum atomic E-state index is 12.8. The summed E-state index contributed by atoms with van der Waals surface area (Å²) in [6.45, 7) is -0.225. The molecule has 1 fully saturated rings. The number of halogens is 6. The zero-order valence-electron chi connectivity index (χ0n) is 20.5. The van der Waals surface area contributed by atoms with Gasteiger partial charge in [0, 0.05) is 31.1 Å². The molecule has 0 atom stereocenters. The smallest absolute Gasteiger partial charge is 0.352 e. The molecule has 212 valence electrons. The van der Waals surface area contributed by atoms with E-state index in [-0.39, 0.29) is 27.2 Å². The van der Waals surface area contributed by atoms with Crippen molar-refractivity contribution >= 4 is 49.0 Å². The number of nitrogens with zero attached hydrogens (tertiary/aromatic N) is 5. The summed E-state index contributed by atoms with van der Waals surface area (Å²) in [6.07, 6.45) is -8.18. The van der Waals surface area contributed by atoms with Crippen molar-refractivity contribution in [3.05, 3.63) is 47.1 Å². The summed E-state index contributed by atoms with van der Waals surface area (Å²) in [4.78, 5) is 25.3. The van der Waals surface area contributed by atoms with Crippen LogP contribution in [0, 0.1) is 0 Å². The Labute approximate surface area is 223 Å². The van der Waals surface area contributed by atoms with Crippen LogP contribution in [0.2, 0.25) is 0 Å². The number of alkyl halides is 6. The van der Waals surface area contributed by atoms with Crippen LogP contribution in [0.1, 0.15) is 10.4 Å². The van der Waals surface area contributed by atoms with E-state index in [1.54, 1.807) is 4.90 Å². The fourth-order valence-electron chi connectivity index (χ4n) is 4.23. The van der Waals surface area contributed by atoms with Crippen LogP contribution in [0.25, 0.3) is 10.2 Å². The lowest BCUT2D eigenvalue weighted by Crippen LogP contribution is -2.49. The Bertz CT molecular complexity index is 1430. The molecule has 8 nitrogen and oxygen atoms in total. The fourth-order valence-corrected chi connectivity index (χ4v) is 6.13. The largest absolute Gasteiger partial charge is 0.407 e. The van der Waals surface area contributed by atoms with Gasteiger partial charge < -0.3 is 9.80 Å². The average Bonchev–Trinajstić information content (AvgIpc) is 3.23. The number of aromatic nitrogens is 2. The highest BCUT2D eigenvalue weighted by Gasteiger charge is 2.35. The first-order chi connectivity index (χ1) is 18.1. The third-order valence-electron chi connectivity index (χ3n) is 5.97. The van der Waals surface area contributed by atoms with Gasteiger partial charge in [0.25, 0.3) is 0 Å². The molecular formula is C23H23F6N5O3S2. The third kappa shape index (κ3) is 7.50.